The molecule has 0 amide bonds. The van der Waals surface area contributed by atoms with E-state index < -0.39 is 12.7 Å². The lowest BCUT2D eigenvalue weighted by molar-refractivity contribution is -0.124. The van der Waals surface area contributed by atoms with E-state index in [9.17, 15) is 13.2 Å². The van der Waals surface area contributed by atoms with Crippen LogP contribution in [-0.4, -0.2) is 25.9 Å². The second kappa shape index (κ2) is 5.96. The molecule has 0 atom stereocenters. The average molecular weight is 254 g/mol. The fraction of sp³-hybridized carbons (Fsp3) is 0.400. The van der Waals surface area contributed by atoms with E-state index >= 15 is 0 Å². The van der Waals surface area contributed by atoms with E-state index in [-0.39, 0.29) is 13.2 Å². The van der Waals surface area contributed by atoms with Crippen LogP contribution in [0.5, 0.6) is 5.75 Å². The number of nitrogens with one attached hydrogen (secondary N) is 1. The van der Waals surface area contributed by atoms with Crippen LogP contribution < -0.4 is 10.1 Å². The topological polar surface area (TPSA) is 21.3 Å². The molecule has 1 rings (SSSR count). The van der Waals surface area contributed by atoms with Crippen LogP contribution >= 0.6 is 11.6 Å². The Morgan fingerprint density at radius 2 is 1.81 bits per heavy atom. The van der Waals surface area contributed by atoms with Gasteiger partial charge in [0.05, 0.1) is 6.54 Å². The van der Waals surface area contributed by atoms with Crippen LogP contribution in [0.25, 0.3) is 0 Å². The van der Waals surface area contributed by atoms with Gasteiger partial charge in [0, 0.05) is 11.6 Å². The maximum atomic E-state index is 11.7. The van der Waals surface area contributed by atoms with Crippen LogP contribution in [0.1, 0.15) is 0 Å². The fourth-order valence-corrected chi connectivity index (χ4v) is 1.13. The van der Waals surface area contributed by atoms with Gasteiger partial charge >= 0.3 is 6.18 Å². The summed E-state index contributed by atoms with van der Waals surface area (Å²) in [5, 5.41) is 2.82. The van der Waals surface area contributed by atoms with Crippen LogP contribution in [0.15, 0.2) is 24.3 Å². The van der Waals surface area contributed by atoms with Crippen molar-refractivity contribution >= 4 is 11.6 Å². The molecule has 16 heavy (non-hydrogen) atoms. The van der Waals surface area contributed by atoms with Crippen LogP contribution in [0.4, 0.5) is 13.2 Å². The zero-order chi connectivity index (χ0) is 12.0. The summed E-state index contributed by atoms with van der Waals surface area (Å²) in [7, 11) is 0. The number of halogens is 4. The first-order chi connectivity index (χ1) is 7.47. The van der Waals surface area contributed by atoms with Gasteiger partial charge in [-0.25, -0.2) is 0 Å². The SMILES string of the molecule is FC(F)(F)CNCCOc1ccc(Cl)cc1. The molecule has 0 aliphatic rings. The molecule has 0 saturated heterocycles. The summed E-state index contributed by atoms with van der Waals surface area (Å²) < 4.78 is 40.4. The third-order valence-electron chi connectivity index (χ3n) is 1.69. The number of hydrogen-bond acceptors (Lipinski definition) is 2. The van der Waals surface area contributed by atoms with Crippen molar-refractivity contribution in [2.24, 2.45) is 0 Å². The van der Waals surface area contributed by atoms with E-state index in [1.54, 1.807) is 24.3 Å². The molecule has 0 spiro atoms. The molecule has 0 saturated carbocycles. The molecule has 6 heteroatoms. The van der Waals surface area contributed by atoms with Crippen molar-refractivity contribution in [3.63, 3.8) is 0 Å². The van der Waals surface area contributed by atoms with Crippen molar-refractivity contribution in [1.29, 1.82) is 0 Å². The van der Waals surface area contributed by atoms with E-state index in [1.807, 2.05) is 0 Å². The van der Waals surface area contributed by atoms with Crippen LogP contribution in [0, 0.1) is 0 Å². The van der Waals surface area contributed by atoms with Gasteiger partial charge in [-0.3, -0.25) is 0 Å². The Morgan fingerprint density at radius 1 is 1.19 bits per heavy atom. The van der Waals surface area contributed by atoms with Crippen molar-refractivity contribution in [2.45, 2.75) is 6.18 Å². The Labute approximate surface area is 96.4 Å². The van der Waals surface area contributed by atoms with Gasteiger partial charge in [-0.15, -0.1) is 0 Å². The molecule has 0 bridgehead atoms. The number of alkyl halides is 3. The quantitative estimate of drug-likeness (QED) is 0.815. The fourth-order valence-electron chi connectivity index (χ4n) is 1.00. The molecule has 1 N–H and O–H groups in total. The van der Waals surface area contributed by atoms with Gasteiger partial charge in [0.1, 0.15) is 12.4 Å². The van der Waals surface area contributed by atoms with E-state index in [0.717, 1.165) is 0 Å². The molecule has 90 valence electrons. The van der Waals surface area contributed by atoms with Crippen LogP contribution in [-0.2, 0) is 0 Å². The predicted molar refractivity (Wildman–Crippen MR) is 55.9 cm³/mol. The van der Waals surface area contributed by atoms with Crippen LogP contribution in [0.2, 0.25) is 5.02 Å². The maximum Gasteiger partial charge on any atom is 0.401 e. The van der Waals surface area contributed by atoms with Gasteiger partial charge in [-0.2, -0.15) is 13.2 Å². The van der Waals surface area contributed by atoms with Gasteiger partial charge < -0.3 is 10.1 Å². The minimum Gasteiger partial charge on any atom is -0.492 e. The summed E-state index contributed by atoms with van der Waals surface area (Å²) in [6.45, 7) is -0.684. The molecule has 0 aliphatic carbocycles. The molecular weight excluding hydrogens is 243 g/mol. The van der Waals surface area contributed by atoms with E-state index in [2.05, 4.69) is 5.32 Å². The molecule has 0 fully saturated rings. The summed E-state index contributed by atoms with van der Waals surface area (Å²) in [5.74, 6) is 0.582. The number of ether oxygens (including phenoxy) is 1. The minimum absolute atomic E-state index is 0.141. The first-order valence-corrected chi connectivity index (χ1v) is 5.01. The van der Waals surface area contributed by atoms with Crippen molar-refractivity contribution in [3.8, 4) is 5.75 Å². The lowest BCUT2D eigenvalue weighted by Gasteiger charge is -2.09. The zero-order valence-corrected chi connectivity index (χ0v) is 9.11. The van der Waals surface area contributed by atoms with E-state index in [4.69, 9.17) is 16.3 Å². The lowest BCUT2D eigenvalue weighted by atomic mass is 10.3. The third-order valence-corrected chi connectivity index (χ3v) is 1.94. The molecule has 1 aromatic rings. The Bertz CT molecular complexity index is 313. The molecule has 0 heterocycles. The van der Waals surface area contributed by atoms with Crippen molar-refractivity contribution in [3.05, 3.63) is 29.3 Å². The van der Waals surface area contributed by atoms with Gasteiger partial charge in [-0.05, 0) is 24.3 Å². The summed E-state index contributed by atoms with van der Waals surface area (Å²) in [6, 6.07) is 6.62. The minimum atomic E-state index is -4.18. The van der Waals surface area contributed by atoms with Crippen molar-refractivity contribution in [1.82, 2.24) is 5.32 Å². The van der Waals surface area contributed by atoms with Crippen molar-refractivity contribution < 1.29 is 17.9 Å². The maximum absolute atomic E-state index is 11.7. The standard InChI is InChI=1S/C10H11ClF3NO/c11-8-1-3-9(4-2-8)16-6-5-15-7-10(12,13)14/h1-4,15H,5-7H2. The third kappa shape index (κ3) is 5.82. The number of benzene rings is 1. The smallest absolute Gasteiger partial charge is 0.401 e. The lowest BCUT2D eigenvalue weighted by Crippen LogP contribution is -2.31. The predicted octanol–water partition coefficient (Wildman–Crippen LogP) is 2.87. The molecule has 0 radical (unpaired) electrons. The highest BCUT2D eigenvalue weighted by Gasteiger charge is 2.25. The van der Waals surface area contributed by atoms with Gasteiger partial charge in [0.15, 0.2) is 0 Å². The highest BCUT2D eigenvalue weighted by Crippen LogP contribution is 2.15. The Morgan fingerprint density at radius 3 is 2.38 bits per heavy atom. The Kier molecular flexibility index (Phi) is 4.89. The molecule has 0 aromatic heterocycles. The van der Waals surface area contributed by atoms with Gasteiger partial charge in [0.2, 0.25) is 0 Å². The molecular formula is C10H11ClF3NO. The first-order valence-electron chi connectivity index (χ1n) is 4.63. The summed E-state index contributed by atoms with van der Waals surface area (Å²) in [6.07, 6.45) is -4.18. The summed E-state index contributed by atoms with van der Waals surface area (Å²) in [5.41, 5.74) is 0. The Balaban J connectivity index is 2.14. The highest BCUT2D eigenvalue weighted by atomic mass is 35.5. The van der Waals surface area contributed by atoms with E-state index in [1.165, 1.54) is 0 Å². The molecule has 2 nitrogen and oxygen atoms in total. The average Bonchev–Trinajstić information content (AvgIpc) is 2.19. The second-order valence-electron chi connectivity index (χ2n) is 3.09. The number of hydrogen-bond donors (Lipinski definition) is 1. The summed E-state index contributed by atoms with van der Waals surface area (Å²) in [4.78, 5) is 0. The van der Waals surface area contributed by atoms with E-state index in [0.29, 0.717) is 10.8 Å². The monoisotopic (exact) mass is 253 g/mol. The number of rotatable bonds is 5. The van der Waals surface area contributed by atoms with Crippen LogP contribution in [0.3, 0.4) is 0 Å². The first kappa shape index (κ1) is 13.1. The molecule has 1 aromatic carbocycles. The van der Waals surface area contributed by atoms with Gasteiger partial charge in [0.25, 0.3) is 0 Å². The highest BCUT2D eigenvalue weighted by molar-refractivity contribution is 6.30. The van der Waals surface area contributed by atoms with Gasteiger partial charge in [-0.1, -0.05) is 11.6 Å². The normalized spacial score (nSPS) is 11.5. The molecule has 0 unspecified atom stereocenters. The Hall–Kier alpha value is -0.940. The zero-order valence-electron chi connectivity index (χ0n) is 8.35. The molecule has 0 aliphatic heterocycles. The largest absolute Gasteiger partial charge is 0.492 e. The second-order valence-corrected chi connectivity index (χ2v) is 3.53. The summed E-state index contributed by atoms with van der Waals surface area (Å²) >= 11 is 5.65. The van der Waals surface area contributed by atoms with Crippen molar-refractivity contribution in [2.75, 3.05) is 19.7 Å².